The first-order valence-electron chi connectivity index (χ1n) is 10.2. The Bertz CT molecular complexity index is 943. The van der Waals surface area contributed by atoms with Crippen LogP contribution in [-0.2, 0) is 11.0 Å². The molecule has 166 valence electrons. The van der Waals surface area contributed by atoms with Gasteiger partial charge in [-0.1, -0.05) is 6.07 Å². The number of hydrogen-bond donors (Lipinski definition) is 1. The van der Waals surface area contributed by atoms with E-state index in [2.05, 4.69) is 5.32 Å². The van der Waals surface area contributed by atoms with Crippen LogP contribution >= 0.6 is 0 Å². The standard InChI is InChI=1S/C22H24F3N3O3/c1-15(21(29)26-17-5-6-19-20(14-17)31-12-11-30-19)27-7-9-28(10-8-27)18-4-2-3-16(13-18)22(23,24)25/h2-6,13-15H,7-12H2,1H3,(H,26,29)/t15-/m0/s1. The fourth-order valence-electron chi connectivity index (χ4n) is 3.78. The van der Waals surface area contributed by atoms with E-state index in [1.54, 1.807) is 24.3 Å². The molecule has 0 aliphatic carbocycles. The number of halogens is 3. The minimum atomic E-state index is -4.36. The molecule has 1 N–H and O–H groups in total. The lowest BCUT2D eigenvalue weighted by molar-refractivity contribution is -0.137. The van der Waals surface area contributed by atoms with Gasteiger partial charge < -0.3 is 19.7 Å². The Hall–Kier alpha value is -2.94. The number of alkyl halides is 3. The highest BCUT2D eigenvalue weighted by atomic mass is 19.4. The quantitative estimate of drug-likeness (QED) is 0.795. The molecular weight excluding hydrogens is 411 g/mol. The monoisotopic (exact) mass is 435 g/mol. The molecule has 9 heteroatoms. The van der Waals surface area contributed by atoms with Gasteiger partial charge in [0.1, 0.15) is 13.2 Å². The second kappa shape index (κ2) is 8.66. The largest absolute Gasteiger partial charge is 0.486 e. The van der Waals surface area contributed by atoms with Crippen LogP contribution in [-0.4, -0.2) is 56.2 Å². The van der Waals surface area contributed by atoms with E-state index in [9.17, 15) is 18.0 Å². The number of carbonyl (C=O) groups is 1. The van der Waals surface area contributed by atoms with Gasteiger partial charge in [0.2, 0.25) is 5.91 Å². The lowest BCUT2D eigenvalue weighted by Gasteiger charge is -2.38. The molecule has 2 heterocycles. The van der Waals surface area contributed by atoms with Crippen molar-refractivity contribution in [3.63, 3.8) is 0 Å². The number of amides is 1. The van der Waals surface area contributed by atoms with Gasteiger partial charge >= 0.3 is 6.18 Å². The first-order chi connectivity index (χ1) is 14.8. The molecule has 1 fully saturated rings. The summed E-state index contributed by atoms with van der Waals surface area (Å²) in [6, 6.07) is 10.3. The molecule has 6 nitrogen and oxygen atoms in total. The van der Waals surface area contributed by atoms with E-state index < -0.39 is 11.7 Å². The van der Waals surface area contributed by atoms with Crippen molar-refractivity contribution in [3.05, 3.63) is 48.0 Å². The molecule has 31 heavy (non-hydrogen) atoms. The summed E-state index contributed by atoms with van der Waals surface area (Å²) in [6.07, 6.45) is -4.36. The Kier molecular flexibility index (Phi) is 5.95. The van der Waals surface area contributed by atoms with Gasteiger partial charge in [0.25, 0.3) is 0 Å². The van der Waals surface area contributed by atoms with Gasteiger partial charge in [-0.05, 0) is 37.3 Å². The van der Waals surface area contributed by atoms with E-state index in [1.807, 2.05) is 16.7 Å². The van der Waals surface area contributed by atoms with Crippen molar-refractivity contribution in [1.82, 2.24) is 4.90 Å². The highest BCUT2D eigenvalue weighted by Crippen LogP contribution is 2.33. The smallest absolute Gasteiger partial charge is 0.416 e. The normalized spacial score (nSPS) is 17.9. The summed E-state index contributed by atoms with van der Waals surface area (Å²) in [5, 5.41) is 2.90. The van der Waals surface area contributed by atoms with Crippen molar-refractivity contribution in [2.75, 3.05) is 49.6 Å². The zero-order valence-electron chi connectivity index (χ0n) is 17.1. The van der Waals surface area contributed by atoms with Crippen LogP contribution in [0.2, 0.25) is 0 Å². The molecule has 0 spiro atoms. The van der Waals surface area contributed by atoms with Crippen LogP contribution in [0.1, 0.15) is 12.5 Å². The van der Waals surface area contributed by atoms with Gasteiger partial charge in [-0.2, -0.15) is 13.2 Å². The molecule has 1 atom stereocenters. The maximum Gasteiger partial charge on any atom is 0.416 e. The predicted octanol–water partition coefficient (Wildman–Crippen LogP) is 3.63. The number of ether oxygens (including phenoxy) is 2. The third kappa shape index (κ3) is 4.87. The van der Waals surface area contributed by atoms with Crippen molar-refractivity contribution in [2.45, 2.75) is 19.1 Å². The van der Waals surface area contributed by atoms with Crippen LogP contribution in [0.4, 0.5) is 24.5 Å². The summed E-state index contributed by atoms with van der Waals surface area (Å²) < 4.78 is 50.0. The van der Waals surface area contributed by atoms with Gasteiger partial charge in [-0.25, -0.2) is 0 Å². The Morgan fingerprint density at radius 1 is 1.00 bits per heavy atom. The molecule has 0 aromatic heterocycles. The van der Waals surface area contributed by atoms with Gasteiger partial charge in [0, 0.05) is 43.6 Å². The number of benzene rings is 2. The summed E-state index contributed by atoms with van der Waals surface area (Å²) in [6.45, 7) is 5.04. The van der Waals surface area contributed by atoms with E-state index in [0.29, 0.717) is 62.3 Å². The molecule has 0 radical (unpaired) electrons. The zero-order chi connectivity index (χ0) is 22.0. The van der Waals surface area contributed by atoms with E-state index in [-0.39, 0.29) is 11.9 Å². The Morgan fingerprint density at radius 3 is 2.42 bits per heavy atom. The number of anilines is 2. The van der Waals surface area contributed by atoms with E-state index >= 15 is 0 Å². The molecule has 0 saturated carbocycles. The molecule has 2 aromatic rings. The molecule has 2 aliphatic rings. The lowest BCUT2D eigenvalue weighted by Crippen LogP contribution is -2.52. The lowest BCUT2D eigenvalue weighted by atomic mass is 10.1. The van der Waals surface area contributed by atoms with Crippen LogP contribution in [0, 0.1) is 0 Å². The van der Waals surface area contributed by atoms with Gasteiger partial charge in [0.05, 0.1) is 11.6 Å². The first-order valence-corrected chi connectivity index (χ1v) is 10.2. The van der Waals surface area contributed by atoms with Crippen LogP contribution in [0.25, 0.3) is 0 Å². The number of fused-ring (bicyclic) bond motifs is 1. The summed E-state index contributed by atoms with van der Waals surface area (Å²) in [4.78, 5) is 16.7. The van der Waals surface area contributed by atoms with Gasteiger partial charge in [-0.3, -0.25) is 9.69 Å². The summed E-state index contributed by atoms with van der Waals surface area (Å²) >= 11 is 0. The Balaban J connectivity index is 1.34. The van der Waals surface area contributed by atoms with Crippen molar-refractivity contribution in [1.29, 1.82) is 0 Å². The zero-order valence-corrected chi connectivity index (χ0v) is 17.1. The highest BCUT2D eigenvalue weighted by molar-refractivity contribution is 5.94. The average molecular weight is 435 g/mol. The molecule has 1 amide bonds. The molecule has 0 bridgehead atoms. The highest BCUT2D eigenvalue weighted by Gasteiger charge is 2.31. The fourth-order valence-corrected chi connectivity index (χ4v) is 3.78. The summed E-state index contributed by atoms with van der Waals surface area (Å²) in [5.41, 5.74) is 0.520. The van der Waals surface area contributed by atoms with Crippen LogP contribution in [0.3, 0.4) is 0 Å². The first kappa shape index (κ1) is 21.3. The minimum absolute atomic E-state index is 0.149. The van der Waals surface area contributed by atoms with Crippen LogP contribution in [0.15, 0.2) is 42.5 Å². The number of nitrogens with zero attached hydrogens (tertiary/aromatic N) is 2. The SMILES string of the molecule is C[C@@H](C(=O)Nc1ccc2c(c1)OCCO2)N1CCN(c2cccc(C(F)(F)F)c2)CC1. The maximum atomic E-state index is 13.0. The molecule has 1 saturated heterocycles. The Labute approximate surface area is 178 Å². The van der Waals surface area contributed by atoms with E-state index in [4.69, 9.17) is 9.47 Å². The third-order valence-corrected chi connectivity index (χ3v) is 5.59. The van der Waals surface area contributed by atoms with E-state index in [1.165, 1.54) is 12.1 Å². The van der Waals surface area contributed by atoms with Crippen molar-refractivity contribution in [3.8, 4) is 11.5 Å². The van der Waals surface area contributed by atoms with Gasteiger partial charge in [0.15, 0.2) is 11.5 Å². The third-order valence-electron chi connectivity index (χ3n) is 5.59. The second-order valence-electron chi connectivity index (χ2n) is 7.59. The van der Waals surface area contributed by atoms with E-state index in [0.717, 1.165) is 6.07 Å². The molecule has 4 rings (SSSR count). The molecule has 2 aromatic carbocycles. The predicted molar refractivity (Wildman–Crippen MR) is 111 cm³/mol. The second-order valence-corrected chi connectivity index (χ2v) is 7.59. The van der Waals surface area contributed by atoms with Crippen molar-refractivity contribution < 1.29 is 27.4 Å². The number of piperazine rings is 1. The van der Waals surface area contributed by atoms with Gasteiger partial charge in [-0.15, -0.1) is 0 Å². The number of nitrogens with one attached hydrogen (secondary N) is 1. The molecule has 2 aliphatic heterocycles. The Morgan fingerprint density at radius 2 is 1.71 bits per heavy atom. The van der Waals surface area contributed by atoms with Crippen LogP contribution in [0.5, 0.6) is 11.5 Å². The topological polar surface area (TPSA) is 54.0 Å². The minimum Gasteiger partial charge on any atom is -0.486 e. The number of hydrogen-bond acceptors (Lipinski definition) is 5. The average Bonchev–Trinajstić information content (AvgIpc) is 2.78. The fraction of sp³-hybridized carbons (Fsp3) is 0.409. The van der Waals surface area contributed by atoms with Crippen molar-refractivity contribution >= 4 is 17.3 Å². The number of rotatable bonds is 4. The van der Waals surface area contributed by atoms with Crippen LogP contribution < -0.4 is 19.7 Å². The summed E-state index contributed by atoms with van der Waals surface area (Å²) in [7, 11) is 0. The summed E-state index contributed by atoms with van der Waals surface area (Å²) in [5.74, 6) is 1.11. The number of carbonyl (C=O) groups excluding carboxylic acids is 1. The van der Waals surface area contributed by atoms with Crippen molar-refractivity contribution in [2.24, 2.45) is 0 Å². The maximum absolute atomic E-state index is 13.0. The molecular formula is C22H24F3N3O3. The molecule has 0 unspecified atom stereocenters.